The van der Waals surface area contributed by atoms with E-state index in [0.29, 0.717) is 11.5 Å². The first kappa shape index (κ1) is 17.3. The van der Waals surface area contributed by atoms with Crippen LogP contribution in [0.3, 0.4) is 0 Å². The summed E-state index contributed by atoms with van der Waals surface area (Å²) in [5.41, 5.74) is 0.0693. The maximum absolute atomic E-state index is 12.6. The Balaban J connectivity index is 1.36. The maximum atomic E-state index is 12.6. The number of alkyl halides is 3. The van der Waals surface area contributed by atoms with Crippen LogP contribution >= 0.6 is 0 Å². The Hall–Kier alpha value is -1.15. The Morgan fingerprint density at radius 1 is 1.16 bits per heavy atom. The summed E-state index contributed by atoms with van der Waals surface area (Å²) in [6.07, 6.45) is 0.741. The molecule has 0 atom stereocenters. The molecule has 3 fully saturated rings. The van der Waals surface area contributed by atoms with Crippen LogP contribution in [0.5, 0.6) is 0 Å². The summed E-state index contributed by atoms with van der Waals surface area (Å²) in [7, 11) is -2.82. The van der Waals surface area contributed by atoms with E-state index in [9.17, 15) is 21.6 Å². The molecule has 4 nitrogen and oxygen atoms in total. The first-order valence-electron chi connectivity index (χ1n) is 8.54. The molecular weight excluding hydrogens is 353 g/mol. The van der Waals surface area contributed by atoms with E-state index < -0.39 is 21.7 Å². The van der Waals surface area contributed by atoms with Gasteiger partial charge >= 0.3 is 6.18 Å². The fourth-order valence-corrected chi connectivity index (χ4v) is 6.71. The summed E-state index contributed by atoms with van der Waals surface area (Å²) in [4.78, 5) is 5.90. The van der Waals surface area contributed by atoms with Gasteiger partial charge in [-0.25, -0.2) is 8.42 Å². The molecule has 2 saturated heterocycles. The van der Waals surface area contributed by atoms with Crippen LogP contribution in [0.4, 0.5) is 13.2 Å². The van der Waals surface area contributed by atoms with Gasteiger partial charge in [-0.15, -0.1) is 0 Å². The van der Waals surface area contributed by atoms with Gasteiger partial charge in [-0.2, -0.15) is 13.2 Å². The Morgan fingerprint density at radius 2 is 1.88 bits per heavy atom. The Bertz CT molecular complexity index is 758. The molecule has 0 radical (unpaired) electrons. The summed E-state index contributed by atoms with van der Waals surface area (Å²) in [6, 6.07) is 2.58. The van der Waals surface area contributed by atoms with Crippen molar-refractivity contribution in [1.82, 2.24) is 9.88 Å². The SMILES string of the molecule is O=S1(=O)CC2(CCN(CC3(Cc4ccc(C(F)(F)F)nc4)CC3)C2)C1. The highest BCUT2D eigenvalue weighted by Crippen LogP contribution is 2.51. The fourth-order valence-electron chi connectivity index (χ4n) is 4.46. The first-order valence-corrected chi connectivity index (χ1v) is 10.4. The van der Waals surface area contributed by atoms with E-state index in [2.05, 4.69) is 9.88 Å². The maximum Gasteiger partial charge on any atom is 0.433 e. The van der Waals surface area contributed by atoms with E-state index in [-0.39, 0.29) is 10.8 Å². The van der Waals surface area contributed by atoms with Gasteiger partial charge in [0.1, 0.15) is 5.69 Å². The van der Waals surface area contributed by atoms with E-state index in [1.165, 1.54) is 12.3 Å². The van der Waals surface area contributed by atoms with Crippen molar-refractivity contribution in [2.75, 3.05) is 31.1 Å². The number of pyridine rings is 1. The molecule has 3 aliphatic rings. The number of likely N-dealkylation sites (tertiary alicyclic amines) is 1. The molecule has 3 heterocycles. The van der Waals surface area contributed by atoms with Gasteiger partial charge in [-0.1, -0.05) is 6.07 Å². The van der Waals surface area contributed by atoms with Crippen molar-refractivity contribution < 1.29 is 21.6 Å². The minimum Gasteiger partial charge on any atom is -0.302 e. The number of aromatic nitrogens is 1. The third-order valence-electron chi connectivity index (χ3n) is 5.78. The number of halogens is 3. The van der Waals surface area contributed by atoms with Gasteiger partial charge in [0.05, 0.1) is 11.5 Å². The molecule has 1 aliphatic carbocycles. The fraction of sp³-hybridized carbons (Fsp3) is 0.706. The molecule has 1 saturated carbocycles. The van der Waals surface area contributed by atoms with Crippen LogP contribution in [0.1, 0.15) is 30.5 Å². The highest BCUT2D eigenvalue weighted by molar-refractivity contribution is 7.92. The number of sulfone groups is 1. The van der Waals surface area contributed by atoms with Gasteiger partial charge in [0.2, 0.25) is 0 Å². The largest absolute Gasteiger partial charge is 0.433 e. The van der Waals surface area contributed by atoms with Crippen molar-refractivity contribution >= 4 is 9.84 Å². The molecule has 8 heteroatoms. The van der Waals surface area contributed by atoms with Crippen LogP contribution in [0, 0.1) is 10.8 Å². The Kier molecular flexibility index (Phi) is 3.75. The molecule has 1 aromatic heterocycles. The lowest BCUT2D eigenvalue weighted by molar-refractivity contribution is -0.141. The average Bonchev–Trinajstić information content (AvgIpc) is 3.10. The number of rotatable bonds is 4. The molecule has 0 bridgehead atoms. The van der Waals surface area contributed by atoms with E-state index in [1.54, 1.807) is 0 Å². The second-order valence-electron chi connectivity index (χ2n) is 8.22. The van der Waals surface area contributed by atoms with Crippen molar-refractivity contribution in [3.05, 3.63) is 29.6 Å². The van der Waals surface area contributed by atoms with Crippen LogP contribution in [-0.4, -0.2) is 49.4 Å². The zero-order valence-electron chi connectivity index (χ0n) is 13.8. The van der Waals surface area contributed by atoms with E-state index in [1.807, 2.05) is 0 Å². The molecular formula is C17H21F3N2O2S. The van der Waals surface area contributed by atoms with Crippen molar-refractivity contribution in [3.63, 3.8) is 0 Å². The molecule has 0 aromatic carbocycles. The number of nitrogens with zero attached hydrogens (tertiary/aromatic N) is 2. The van der Waals surface area contributed by atoms with Crippen molar-refractivity contribution in [2.45, 2.75) is 31.9 Å². The van der Waals surface area contributed by atoms with Gasteiger partial charge in [-0.05, 0) is 49.3 Å². The second kappa shape index (κ2) is 5.42. The molecule has 25 heavy (non-hydrogen) atoms. The molecule has 0 unspecified atom stereocenters. The lowest BCUT2D eigenvalue weighted by atomic mass is 9.91. The second-order valence-corrected chi connectivity index (χ2v) is 10.3. The summed E-state index contributed by atoms with van der Waals surface area (Å²) in [6.45, 7) is 2.65. The smallest absolute Gasteiger partial charge is 0.302 e. The van der Waals surface area contributed by atoms with Crippen molar-refractivity contribution in [3.8, 4) is 0 Å². The van der Waals surface area contributed by atoms with Crippen LogP contribution < -0.4 is 0 Å². The monoisotopic (exact) mass is 374 g/mol. The summed E-state index contributed by atoms with van der Waals surface area (Å²) >= 11 is 0. The predicted molar refractivity (Wildman–Crippen MR) is 86.8 cm³/mol. The van der Waals surface area contributed by atoms with Crippen LogP contribution in [-0.2, 0) is 22.4 Å². The molecule has 0 amide bonds. The Labute approximate surface area is 145 Å². The molecule has 0 N–H and O–H groups in total. The molecule has 138 valence electrons. The summed E-state index contributed by atoms with van der Waals surface area (Å²) in [5.74, 6) is 0.624. The van der Waals surface area contributed by atoms with Crippen molar-refractivity contribution in [1.29, 1.82) is 0 Å². The van der Waals surface area contributed by atoms with Gasteiger partial charge in [0.15, 0.2) is 9.84 Å². The quantitative estimate of drug-likeness (QED) is 0.813. The normalized spacial score (nSPS) is 26.5. The van der Waals surface area contributed by atoms with Gasteiger partial charge in [0, 0.05) is 24.7 Å². The third kappa shape index (κ3) is 3.56. The van der Waals surface area contributed by atoms with Crippen LogP contribution in [0.2, 0.25) is 0 Å². The average molecular weight is 374 g/mol. The summed E-state index contributed by atoms with van der Waals surface area (Å²) in [5, 5.41) is 0. The molecule has 1 spiro atoms. The zero-order valence-corrected chi connectivity index (χ0v) is 14.7. The van der Waals surface area contributed by atoms with E-state index >= 15 is 0 Å². The molecule has 2 aliphatic heterocycles. The highest BCUT2D eigenvalue weighted by Gasteiger charge is 2.54. The lowest BCUT2D eigenvalue weighted by Crippen LogP contribution is -2.50. The lowest BCUT2D eigenvalue weighted by Gasteiger charge is -2.37. The predicted octanol–water partition coefficient (Wildman–Crippen LogP) is 2.54. The van der Waals surface area contributed by atoms with Crippen LogP contribution in [0.15, 0.2) is 18.3 Å². The standard InChI is InChI=1S/C17H21F3N2O2S/c18-17(19,20)14-2-1-13(8-21-14)7-15(3-4-15)9-22-6-5-16(10-22)11-25(23,24)12-16/h1-2,8H,3-7,9-12H2. The minimum absolute atomic E-state index is 0.0369. The van der Waals surface area contributed by atoms with Gasteiger partial charge in [-0.3, -0.25) is 4.98 Å². The summed E-state index contributed by atoms with van der Waals surface area (Å²) < 4.78 is 60.8. The highest BCUT2D eigenvalue weighted by atomic mass is 32.2. The molecule has 4 rings (SSSR count). The van der Waals surface area contributed by atoms with Gasteiger partial charge < -0.3 is 4.90 Å². The van der Waals surface area contributed by atoms with E-state index in [0.717, 1.165) is 56.9 Å². The topological polar surface area (TPSA) is 50.3 Å². The first-order chi connectivity index (χ1) is 11.6. The van der Waals surface area contributed by atoms with Crippen LogP contribution in [0.25, 0.3) is 0 Å². The Morgan fingerprint density at radius 3 is 2.40 bits per heavy atom. The zero-order chi connectivity index (χ0) is 17.9. The van der Waals surface area contributed by atoms with Gasteiger partial charge in [0.25, 0.3) is 0 Å². The van der Waals surface area contributed by atoms with E-state index in [4.69, 9.17) is 0 Å². The number of hydrogen-bond acceptors (Lipinski definition) is 4. The molecule has 1 aromatic rings. The third-order valence-corrected chi connectivity index (χ3v) is 7.88. The minimum atomic E-state index is -4.40. The van der Waals surface area contributed by atoms with Crippen molar-refractivity contribution in [2.24, 2.45) is 10.8 Å². The number of hydrogen-bond donors (Lipinski definition) is 0.